The van der Waals surface area contributed by atoms with Crippen LogP contribution in [-0.2, 0) is 4.74 Å². The van der Waals surface area contributed by atoms with Gasteiger partial charge in [-0.15, -0.1) is 11.3 Å². The topological polar surface area (TPSA) is 60.5 Å². The van der Waals surface area contributed by atoms with Crippen LogP contribution in [0.15, 0.2) is 24.3 Å². The largest absolute Gasteiger partial charge is 0.497 e. The SMILES string of the molecule is COc1cccc(-c2nc(C)c(C(=O)N[C@H]3CCOC(C)(C)C3)s2)c1. The molecular formula is C19H24N2O3S. The number of nitrogens with zero attached hydrogens (tertiary/aromatic N) is 1. The van der Waals surface area contributed by atoms with E-state index in [1.54, 1.807) is 7.11 Å². The zero-order valence-corrected chi connectivity index (χ0v) is 15.9. The van der Waals surface area contributed by atoms with E-state index in [1.165, 1.54) is 11.3 Å². The molecule has 1 N–H and O–H groups in total. The van der Waals surface area contributed by atoms with Gasteiger partial charge in [0.15, 0.2) is 0 Å². The van der Waals surface area contributed by atoms with Gasteiger partial charge in [0, 0.05) is 18.2 Å². The Morgan fingerprint density at radius 1 is 1.44 bits per heavy atom. The van der Waals surface area contributed by atoms with E-state index in [2.05, 4.69) is 24.1 Å². The molecule has 1 fully saturated rings. The Bertz CT molecular complexity index is 770. The van der Waals surface area contributed by atoms with Crippen LogP contribution < -0.4 is 10.1 Å². The minimum Gasteiger partial charge on any atom is -0.497 e. The van der Waals surface area contributed by atoms with Crippen LogP contribution in [0.2, 0.25) is 0 Å². The number of ether oxygens (including phenoxy) is 2. The van der Waals surface area contributed by atoms with Crippen molar-refractivity contribution in [1.29, 1.82) is 0 Å². The molecule has 0 aliphatic carbocycles. The van der Waals surface area contributed by atoms with Crippen LogP contribution in [-0.4, -0.2) is 36.3 Å². The van der Waals surface area contributed by atoms with Crippen LogP contribution in [0.1, 0.15) is 42.1 Å². The van der Waals surface area contributed by atoms with Gasteiger partial charge >= 0.3 is 0 Å². The molecule has 0 spiro atoms. The molecule has 25 heavy (non-hydrogen) atoms. The lowest BCUT2D eigenvalue weighted by Gasteiger charge is -2.35. The molecule has 3 rings (SSSR count). The Balaban J connectivity index is 1.76. The Labute approximate surface area is 152 Å². The number of aryl methyl sites for hydroxylation is 1. The summed E-state index contributed by atoms with van der Waals surface area (Å²) in [5.41, 5.74) is 1.52. The summed E-state index contributed by atoms with van der Waals surface area (Å²) in [6.45, 7) is 6.67. The number of hydrogen-bond acceptors (Lipinski definition) is 5. The molecule has 5 nitrogen and oxygen atoms in total. The van der Waals surface area contributed by atoms with E-state index < -0.39 is 0 Å². The first-order chi connectivity index (χ1) is 11.9. The lowest BCUT2D eigenvalue weighted by Crippen LogP contribution is -2.45. The van der Waals surface area contributed by atoms with Gasteiger partial charge in [0.05, 0.1) is 18.4 Å². The molecule has 0 saturated carbocycles. The summed E-state index contributed by atoms with van der Waals surface area (Å²) in [7, 11) is 1.64. The fourth-order valence-corrected chi connectivity index (χ4v) is 4.06. The molecule has 1 aromatic heterocycles. The summed E-state index contributed by atoms with van der Waals surface area (Å²) in [6, 6.07) is 7.86. The van der Waals surface area contributed by atoms with Crippen LogP contribution >= 0.6 is 11.3 Å². The van der Waals surface area contributed by atoms with Gasteiger partial charge < -0.3 is 14.8 Å². The van der Waals surface area contributed by atoms with Crippen molar-refractivity contribution in [3.8, 4) is 16.3 Å². The molecule has 134 valence electrons. The van der Waals surface area contributed by atoms with Gasteiger partial charge in [-0.3, -0.25) is 4.79 Å². The Morgan fingerprint density at radius 3 is 2.96 bits per heavy atom. The second-order valence-corrected chi connectivity index (χ2v) is 7.94. The maximum absolute atomic E-state index is 12.7. The molecule has 0 bridgehead atoms. The highest BCUT2D eigenvalue weighted by Gasteiger charge is 2.30. The van der Waals surface area contributed by atoms with Crippen molar-refractivity contribution in [2.75, 3.05) is 13.7 Å². The number of methoxy groups -OCH3 is 1. The second-order valence-electron chi connectivity index (χ2n) is 6.94. The average molecular weight is 360 g/mol. The number of hydrogen-bond donors (Lipinski definition) is 1. The highest BCUT2D eigenvalue weighted by atomic mass is 32.1. The lowest BCUT2D eigenvalue weighted by molar-refractivity contribution is -0.0615. The van der Waals surface area contributed by atoms with Gasteiger partial charge in [-0.25, -0.2) is 4.98 Å². The fraction of sp³-hybridized carbons (Fsp3) is 0.474. The minimum atomic E-state index is -0.190. The Kier molecular flexibility index (Phi) is 5.11. The van der Waals surface area contributed by atoms with Gasteiger partial charge in [-0.1, -0.05) is 12.1 Å². The van der Waals surface area contributed by atoms with E-state index in [0.717, 1.165) is 34.9 Å². The quantitative estimate of drug-likeness (QED) is 0.900. The van der Waals surface area contributed by atoms with Gasteiger partial charge in [-0.2, -0.15) is 0 Å². The second kappa shape index (κ2) is 7.14. The number of amides is 1. The zero-order chi connectivity index (χ0) is 18.0. The van der Waals surface area contributed by atoms with Crippen molar-refractivity contribution in [2.24, 2.45) is 0 Å². The predicted octanol–water partition coefficient (Wildman–Crippen LogP) is 3.81. The van der Waals surface area contributed by atoms with Crippen LogP contribution in [0.25, 0.3) is 10.6 Å². The molecule has 2 aromatic rings. The first-order valence-electron chi connectivity index (χ1n) is 8.44. The molecular weight excluding hydrogens is 336 g/mol. The van der Waals surface area contributed by atoms with Gasteiger partial charge in [0.2, 0.25) is 0 Å². The highest BCUT2D eigenvalue weighted by molar-refractivity contribution is 7.17. The third kappa shape index (κ3) is 4.19. The molecule has 0 unspecified atom stereocenters. The van der Waals surface area contributed by atoms with E-state index in [1.807, 2.05) is 31.2 Å². The number of carbonyl (C=O) groups excluding carboxylic acids is 1. The van der Waals surface area contributed by atoms with E-state index in [0.29, 0.717) is 11.5 Å². The molecule has 6 heteroatoms. The summed E-state index contributed by atoms with van der Waals surface area (Å²) < 4.78 is 11.0. The van der Waals surface area contributed by atoms with Crippen molar-refractivity contribution in [3.63, 3.8) is 0 Å². The number of nitrogens with one attached hydrogen (secondary N) is 1. The van der Waals surface area contributed by atoms with Crippen molar-refractivity contribution in [3.05, 3.63) is 34.8 Å². The smallest absolute Gasteiger partial charge is 0.263 e. The maximum Gasteiger partial charge on any atom is 0.263 e. The maximum atomic E-state index is 12.7. The minimum absolute atomic E-state index is 0.0492. The number of benzene rings is 1. The fourth-order valence-electron chi connectivity index (χ4n) is 3.09. The summed E-state index contributed by atoms with van der Waals surface area (Å²) in [5.74, 6) is 0.729. The zero-order valence-electron chi connectivity index (χ0n) is 15.1. The third-order valence-corrected chi connectivity index (χ3v) is 5.56. The standard InChI is InChI=1S/C19H24N2O3S/c1-12-16(17(22)21-14-8-9-24-19(2,3)11-14)25-18(20-12)13-6-5-7-15(10-13)23-4/h5-7,10,14H,8-9,11H2,1-4H3,(H,21,22)/t14-/m0/s1. The third-order valence-electron chi connectivity index (χ3n) is 4.35. The molecule has 1 aromatic carbocycles. The summed E-state index contributed by atoms with van der Waals surface area (Å²) >= 11 is 1.42. The first kappa shape index (κ1) is 17.9. The summed E-state index contributed by atoms with van der Waals surface area (Å²) in [5, 5.41) is 3.97. The van der Waals surface area contributed by atoms with Crippen LogP contribution in [0.5, 0.6) is 5.75 Å². The number of thiazole rings is 1. The average Bonchev–Trinajstić information content (AvgIpc) is 2.96. The number of carbonyl (C=O) groups is 1. The number of rotatable bonds is 4. The van der Waals surface area contributed by atoms with E-state index >= 15 is 0 Å². The molecule has 1 aliphatic heterocycles. The summed E-state index contributed by atoms with van der Waals surface area (Å²) in [4.78, 5) is 18.0. The normalized spacial score (nSPS) is 19.4. The van der Waals surface area contributed by atoms with Crippen molar-refractivity contribution < 1.29 is 14.3 Å². The first-order valence-corrected chi connectivity index (χ1v) is 9.26. The lowest BCUT2D eigenvalue weighted by atomic mass is 9.94. The van der Waals surface area contributed by atoms with Crippen molar-refractivity contribution in [2.45, 2.75) is 45.3 Å². The Morgan fingerprint density at radius 2 is 2.24 bits per heavy atom. The van der Waals surface area contributed by atoms with Gasteiger partial charge in [0.1, 0.15) is 15.6 Å². The molecule has 1 amide bonds. The van der Waals surface area contributed by atoms with E-state index in [4.69, 9.17) is 9.47 Å². The van der Waals surface area contributed by atoms with E-state index in [9.17, 15) is 4.79 Å². The van der Waals surface area contributed by atoms with Gasteiger partial charge in [0.25, 0.3) is 5.91 Å². The molecule has 0 radical (unpaired) electrons. The predicted molar refractivity (Wildman–Crippen MR) is 99.4 cm³/mol. The molecule has 1 saturated heterocycles. The van der Waals surface area contributed by atoms with Crippen molar-refractivity contribution >= 4 is 17.2 Å². The molecule has 1 aliphatic rings. The number of aromatic nitrogens is 1. The van der Waals surface area contributed by atoms with Crippen LogP contribution in [0.3, 0.4) is 0 Å². The van der Waals surface area contributed by atoms with Crippen LogP contribution in [0.4, 0.5) is 0 Å². The highest BCUT2D eigenvalue weighted by Crippen LogP contribution is 2.30. The van der Waals surface area contributed by atoms with Crippen LogP contribution in [0, 0.1) is 6.92 Å². The summed E-state index contributed by atoms with van der Waals surface area (Å²) in [6.07, 6.45) is 1.66. The van der Waals surface area contributed by atoms with Gasteiger partial charge in [-0.05, 0) is 45.7 Å². The van der Waals surface area contributed by atoms with Crippen molar-refractivity contribution in [1.82, 2.24) is 10.3 Å². The monoisotopic (exact) mass is 360 g/mol. The Hall–Kier alpha value is -1.92. The van der Waals surface area contributed by atoms with E-state index in [-0.39, 0.29) is 17.6 Å². The molecule has 1 atom stereocenters. The molecule has 2 heterocycles.